The Labute approximate surface area is 92.0 Å². The van der Waals surface area contributed by atoms with Crippen LogP contribution < -0.4 is 5.32 Å². The number of nitrogens with one attached hydrogen (secondary N) is 1. The van der Waals surface area contributed by atoms with Crippen LogP contribution in [0.4, 0.5) is 0 Å². The molecular weight excluding hydrogens is 214 g/mol. The fourth-order valence-corrected chi connectivity index (χ4v) is 3.51. The topological polar surface area (TPSA) is 66.4 Å². The van der Waals surface area contributed by atoms with Gasteiger partial charge >= 0.3 is 0 Å². The van der Waals surface area contributed by atoms with Gasteiger partial charge in [0.15, 0.2) is 9.84 Å². The van der Waals surface area contributed by atoms with Gasteiger partial charge in [0.05, 0.1) is 11.5 Å². The Morgan fingerprint density at radius 1 is 1.53 bits per heavy atom. The molecule has 0 aromatic rings. The van der Waals surface area contributed by atoms with Crippen LogP contribution >= 0.6 is 0 Å². The van der Waals surface area contributed by atoms with Crippen molar-refractivity contribution in [2.75, 3.05) is 24.7 Å². The molecule has 0 saturated carbocycles. The summed E-state index contributed by atoms with van der Waals surface area (Å²) in [6.07, 6.45) is 2.74. The standard InChI is InChI=1S/C10H21NO3S/c1-9(7-12)3-2-5-11-10-4-6-15(13,14)8-10/h9-12H,2-8H2,1H3. The Balaban J connectivity index is 2.07. The lowest BCUT2D eigenvalue weighted by Gasteiger charge is -2.11. The third-order valence-electron chi connectivity index (χ3n) is 2.85. The van der Waals surface area contributed by atoms with Gasteiger partial charge in [0.25, 0.3) is 0 Å². The Morgan fingerprint density at radius 3 is 2.80 bits per heavy atom. The second kappa shape index (κ2) is 5.82. The second-order valence-electron chi connectivity index (χ2n) is 4.48. The van der Waals surface area contributed by atoms with E-state index in [1.807, 2.05) is 6.92 Å². The summed E-state index contributed by atoms with van der Waals surface area (Å²) in [6, 6.07) is 0.152. The summed E-state index contributed by atoms with van der Waals surface area (Å²) in [5.41, 5.74) is 0. The van der Waals surface area contributed by atoms with E-state index in [9.17, 15) is 8.42 Å². The van der Waals surface area contributed by atoms with E-state index in [4.69, 9.17) is 5.11 Å². The molecule has 1 aliphatic heterocycles. The van der Waals surface area contributed by atoms with Gasteiger partial charge in [-0.25, -0.2) is 8.42 Å². The van der Waals surface area contributed by atoms with Crippen molar-refractivity contribution in [1.29, 1.82) is 0 Å². The lowest BCUT2D eigenvalue weighted by atomic mass is 10.1. The van der Waals surface area contributed by atoms with Gasteiger partial charge in [-0.1, -0.05) is 6.92 Å². The van der Waals surface area contributed by atoms with Crippen molar-refractivity contribution in [3.8, 4) is 0 Å². The monoisotopic (exact) mass is 235 g/mol. The van der Waals surface area contributed by atoms with E-state index in [-0.39, 0.29) is 12.6 Å². The van der Waals surface area contributed by atoms with E-state index in [0.29, 0.717) is 17.4 Å². The molecule has 4 nitrogen and oxygen atoms in total. The number of sulfone groups is 1. The third kappa shape index (κ3) is 4.95. The van der Waals surface area contributed by atoms with Crippen molar-refractivity contribution in [1.82, 2.24) is 5.32 Å². The van der Waals surface area contributed by atoms with Crippen LogP contribution in [-0.4, -0.2) is 44.2 Å². The predicted molar refractivity (Wildman–Crippen MR) is 60.5 cm³/mol. The molecule has 1 fully saturated rings. The van der Waals surface area contributed by atoms with E-state index >= 15 is 0 Å². The summed E-state index contributed by atoms with van der Waals surface area (Å²) < 4.78 is 22.3. The van der Waals surface area contributed by atoms with Crippen LogP contribution in [0.5, 0.6) is 0 Å². The summed E-state index contributed by atoms with van der Waals surface area (Å²) in [6.45, 7) is 3.10. The van der Waals surface area contributed by atoms with Crippen molar-refractivity contribution in [3.63, 3.8) is 0 Å². The second-order valence-corrected chi connectivity index (χ2v) is 6.71. The van der Waals surface area contributed by atoms with E-state index in [1.54, 1.807) is 0 Å². The van der Waals surface area contributed by atoms with E-state index in [1.165, 1.54) is 0 Å². The highest BCUT2D eigenvalue weighted by molar-refractivity contribution is 7.91. The molecule has 0 amide bonds. The van der Waals surface area contributed by atoms with Gasteiger partial charge in [0.1, 0.15) is 0 Å². The summed E-state index contributed by atoms with van der Waals surface area (Å²) in [4.78, 5) is 0. The molecule has 15 heavy (non-hydrogen) atoms. The normalized spacial score (nSPS) is 26.7. The molecule has 0 spiro atoms. The van der Waals surface area contributed by atoms with Gasteiger partial charge < -0.3 is 10.4 Å². The van der Waals surface area contributed by atoms with E-state index < -0.39 is 9.84 Å². The fraction of sp³-hybridized carbons (Fsp3) is 1.00. The van der Waals surface area contributed by atoms with E-state index in [2.05, 4.69) is 5.32 Å². The van der Waals surface area contributed by atoms with Crippen LogP contribution in [0.2, 0.25) is 0 Å². The first-order valence-corrected chi connectivity index (χ1v) is 7.40. The first kappa shape index (κ1) is 12.9. The van der Waals surface area contributed by atoms with Gasteiger partial charge in [0.2, 0.25) is 0 Å². The number of aliphatic hydroxyl groups is 1. The minimum absolute atomic E-state index is 0.152. The summed E-state index contributed by atoms with van der Waals surface area (Å²) in [5, 5.41) is 12.1. The maximum atomic E-state index is 11.2. The molecule has 90 valence electrons. The number of rotatable bonds is 6. The highest BCUT2D eigenvalue weighted by Crippen LogP contribution is 2.11. The molecule has 0 bridgehead atoms. The molecule has 2 unspecified atom stereocenters. The Bertz CT molecular complexity index is 276. The zero-order valence-electron chi connectivity index (χ0n) is 9.28. The van der Waals surface area contributed by atoms with Crippen LogP contribution in [0.3, 0.4) is 0 Å². The van der Waals surface area contributed by atoms with Crippen molar-refractivity contribution >= 4 is 9.84 Å². The SMILES string of the molecule is CC(CO)CCCNC1CCS(=O)(=O)C1. The minimum Gasteiger partial charge on any atom is -0.396 e. The molecule has 0 aromatic carbocycles. The molecule has 1 heterocycles. The van der Waals surface area contributed by atoms with Crippen molar-refractivity contribution in [2.24, 2.45) is 5.92 Å². The molecule has 1 rings (SSSR count). The van der Waals surface area contributed by atoms with Crippen LogP contribution in [0.15, 0.2) is 0 Å². The number of aliphatic hydroxyl groups excluding tert-OH is 1. The molecule has 0 aliphatic carbocycles. The maximum absolute atomic E-state index is 11.2. The van der Waals surface area contributed by atoms with Gasteiger partial charge in [-0.2, -0.15) is 0 Å². The first-order chi connectivity index (χ1) is 7.03. The molecule has 2 N–H and O–H groups in total. The largest absolute Gasteiger partial charge is 0.396 e. The zero-order chi connectivity index (χ0) is 11.3. The molecule has 5 heteroatoms. The molecule has 0 radical (unpaired) electrons. The average molecular weight is 235 g/mol. The average Bonchev–Trinajstić information content (AvgIpc) is 2.52. The van der Waals surface area contributed by atoms with Crippen molar-refractivity contribution in [2.45, 2.75) is 32.2 Å². The molecule has 2 atom stereocenters. The lowest BCUT2D eigenvalue weighted by molar-refractivity contribution is 0.227. The number of hydrogen-bond donors (Lipinski definition) is 2. The van der Waals surface area contributed by atoms with Crippen LogP contribution in [0.1, 0.15) is 26.2 Å². The quantitative estimate of drug-likeness (QED) is 0.644. The first-order valence-electron chi connectivity index (χ1n) is 5.58. The molecule has 1 aliphatic rings. The Morgan fingerprint density at radius 2 is 2.27 bits per heavy atom. The Hall–Kier alpha value is -0.130. The Kier molecular flexibility index (Phi) is 5.02. The highest BCUT2D eigenvalue weighted by Gasteiger charge is 2.26. The van der Waals surface area contributed by atoms with Crippen LogP contribution in [0.25, 0.3) is 0 Å². The zero-order valence-corrected chi connectivity index (χ0v) is 10.1. The maximum Gasteiger partial charge on any atom is 0.151 e. The number of hydrogen-bond acceptors (Lipinski definition) is 4. The minimum atomic E-state index is -2.76. The van der Waals surface area contributed by atoms with Gasteiger partial charge in [-0.15, -0.1) is 0 Å². The van der Waals surface area contributed by atoms with Crippen molar-refractivity contribution in [3.05, 3.63) is 0 Å². The van der Waals surface area contributed by atoms with Crippen LogP contribution in [0, 0.1) is 5.92 Å². The summed E-state index contributed by atoms with van der Waals surface area (Å²) in [5.74, 6) is 0.972. The molecule has 1 saturated heterocycles. The summed E-state index contributed by atoms with van der Waals surface area (Å²) in [7, 11) is -2.76. The lowest BCUT2D eigenvalue weighted by Crippen LogP contribution is -2.31. The van der Waals surface area contributed by atoms with Crippen molar-refractivity contribution < 1.29 is 13.5 Å². The predicted octanol–water partition coefficient (Wildman–Crippen LogP) is 0.172. The van der Waals surface area contributed by atoms with Crippen LogP contribution in [-0.2, 0) is 9.84 Å². The highest BCUT2D eigenvalue weighted by atomic mass is 32.2. The summed E-state index contributed by atoms with van der Waals surface area (Å²) >= 11 is 0. The van der Waals surface area contributed by atoms with Gasteiger partial charge in [0, 0.05) is 12.6 Å². The smallest absolute Gasteiger partial charge is 0.151 e. The molecular formula is C10H21NO3S. The third-order valence-corrected chi connectivity index (χ3v) is 4.62. The van der Waals surface area contributed by atoms with Gasteiger partial charge in [-0.05, 0) is 31.7 Å². The van der Waals surface area contributed by atoms with Gasteiger partial charge in [-0.3, -0.25) is 0 Å². The fourth-order valence-electron chi connectivity index (χ4n) is 1.80. The molecule has 0 aromatic heterocycles. The van der Waals surface area contributed by atoms with E-state index in [0.717, 1.165) is 25.8 Å².